The molecule has 0 radical (unpaired) electrons. The van der Waals surface area contributed by atoms with E-state index in [9.17, 15) is 14.7 Å². The van der Waals surface area contributed by atoms with Gasteiger partial charge >= 0.3 is 0 Å². The summed E-state index contributed by atoms with van der Waals surface area (Å²) in [5.41, 5.74) is 2.91. The minimum Gasteiger partial charge on any atom is -0.488 e. The van der Waals surface area contributed by atoms with Crippen LogP contribution in [0.4, 0.5) is 5.69 Å². The van der Waals surface area contributed by atoms with Crippen LogP contribution in [0.3, 0.4) is 0 Å². The van der Waals surface area contributed by atoms with E-state index in [-0.39, 0.29) is 30.1 Å². The van der Waals surface area contributed by atoms with Crippen LogP contribution >= 0.6 is 0 Å². The van der Waals surface area contributed by atoms with E-state index in [1.54, 1.807) is 16.7 Å². The van der Waals surface area contributed by atoms with Gasteiger partial charge in [-0.25, -0.2) is 4.98 Å². The van der Waals surface area contributed by atoms with E-state index in [1.165, 1.54) is 0 Å². The molecule has 1 aliphatic carbocycles. The molecule has 186 valence electrons. The summed E-state index contributed by atoms with van der Waals surface area (Å²) < 4.78 is 7.92. The molecule has 3 N–H and O–H groups in total. The molecule has 1 aliphatic rings. The molecule has 0 saturated heterocycles. The highest BCUT2D eigenvalue weighted by Gasteiger charge is 2.28. The summed E-state index contributed by atoms with van der Waals surface area (Å²) in [7, 11) is 1.81. The van der Waals surface area contributed by atoms with E-state index in [0.717, 1.165) is 18.5 Å². The number of hydrogen-bond donors (Lipinski definition) is 3. The fraction of sp³-hybridized carbons (Fsp3) is 0.444. The predicted octanol–water partition coefficient (Wildman–Crippen LogP) is 4.21. The molecule has 8 nitrogen and oxygen atoms in total. The predicted molar refractivity (Wildman–Crippen MR) is 136 cm³/mol. The van der Waals surface area contributed by atoms with Crippen molar-refractivity contribution in [2.24, 2.45) is 7.05 Å². The Bertz CT molecular complexity index is 1210. The number of aryl methyl sites for hydroxylation is 2. The van der Waals surface area contributed by atoms with Gasteiger partial charge in [0.15, 0.2) is 11.4 Å². The van der Waals surface area contributed by atoms with Crippen molar-refractivity contribution in [3.63, 3.8) is 0 Å². The van der Waals surface area contributed by atoms with Crippen molar-refractivity contribution in [1.82, 2.24) is 14.9 Å². The number of aliphatic hydroxyl groups excluding tert-OH is 1. The SMILES string of the molecule is CCc1nc2c(cc1NC(=O)c1ccccc1)c(OC(C)C)c(C(=O)N[C@H]1CC[C@H](O)CC1)n2C. The fourth-order valence-electron chi connectivity index (χ4n) is 4.60. The molecular weight excluding hydrogens is 444 g/mol. The van der Waals surface area contributed by atoms with Crippen molar-refractivity contribution in [1.29, 1.82) is 0 Å². The third-order valence-electron chi connectivity index (χ3n) is 6.41. The standard InChI is InChI=1S/C27H34N4O4/c1-5-21-22(30-26(33)17-9-7-6-8-10-17)15-20-24(35-16(2)3)23(31(4)25(20)29-21)27(34)28-18-11-13-19(32)14-12-18/h6-10,15-16,18-19,32H,5,11-14H2,1-4H3,(H,28,34)(H,30,33)/t18-,19-. The Kier molecular flexibility index (Phi) is 7.40. The number of rotatable bonds is 7. The van der Waals surface area contributed by atoms with Gasteiger partial charge in [0.25, 0.3) is 11.8 Å². The second-order valence-electron chi connectivity index (χ2n) is 9.41. The Balaban J connectivity index is 1.74. The van der Waals surface area contributed by atoms with E-state index < -0.39 is 0 Å². The Labute approximate surface area is 205 Å². The maximum atomic E-state index is 13.4. The highest BCUT2D eigenvalue weighted by atomic mass is 16.5. The number of carbonyl (C=O) groups is 2. The summed E-state index contributed by atoms with van der Waals surface area (Å²) in [4.78, 5) is 31.1. The van der Waals surface area contributed by atoms with Crippen molar-refractivity contribution < 1.29 is 19.4 Å². The first-order valence-electron chi connectivity index (χ1n) is 12.3. The van der Waals surface area contributed by atoms with E-state index in [4.69, 9.17) is 9.72 Å². The summed E-state index contributed by atoms with van der Waals surface area (Å²) in [6, 6.07) is 10.9. The van der Waals surface area contributed by atoms with Gasteiger partial charge in [0.1, 0.15) is 5.65 Å². The van der Waals surface area contributed by atoms with Crippen LogP contribution in [-0.4, -0.2) is 44.7 Å². The molecular formula is C27H34N4O4. The normalized spacial score (nSPS) is 18.0. The third-order valence-corrected chi connectivity index (χ3v) is 6.41. The molecule has 0 atom stereocenters. The first-order valence-corrected chi connectivity index (χ1v) is 12.3. The van der Waals surface area contributed by atoms with Crippen molar-refractivity contribution in [2.75, 3.05) is 5.32 Å². The van der Waals surface area contributed by atoms with Crippen LogP contribution in [-0.2, 0) is 13.5 Å². The van der Waals surface area contributed by atoms with Crippen molar-refractivity contribution in [3.05, 3.63) is 53.3 Å². The number of benzene rings is 1. The molecule has 0 unspecified atom stereocenters. The molecule has 0 bridgehead atoms. The van der Waals surface area contributed by atoms with Crippen LogP contribution in [0.5, 0.6) is 5.75 Å². The molecule has 0 aliphatic heterocycles. The lowest BCUT2D eigenvalue weighted by atomic mass is 9.93. The Morgan fingerprint density at radius 3 is 2.46 bits per heavy atom. The number of aromatic nitrogens is 2. The van der Waals surface area contributed by atoms with Gasteiger partial charge in [-0.1, -0.05) is 25.1 Å². The molecule has 1 fully saturated rings. The Morgan fingerprint density at radius 2 is 1.83 bits per heavy atom. The highest BCUT2D eigenvalue weighted by Crippen LogP contribution is 2.36. The molecule has 4 rings (SSSR count). The minimum absolute atomic E-state index is 0.00990. The van der Waals surface area contributed by atoms with Gasteiger partial charge in [-0.3, -0.25) is 9.59 Å². The molecule has 35 heavy (non-hydrogen) atoms. The number of amides is 2. The molecule has 1 aromatic carbocycles. The van der Waals surface area contributed by atoms with Gasteiger partial charge < -0.3 is 25.0 Å². The van der Waals surface area contributed by atoms with Crippen LogP contribution in [0.15, 0.2) is 36.4 Å². The van der Waals surface area contributed by atoms with E-state index in [0.29, 0.717) is 53.0 Å². The Hall–Kier alpha value is -3.39. The first kappa shape index (κ1) is 24.7. The minimum atomic E-state index is -0.290. The zero-order valence-electron chi connectivity index (χ0n) is 20.8. The molecule has 2 aromatic heterocycles. The van der Waals surface area contributed by atoms with Gasteiger partial charge in [0.2, 0.25) is 0 Å². The van der Waals surface area contributed by atoms with Crippen LogP contribution in [0, 0.1) is 0 Å². The maximum absolute atomic E-state index is 13.4. The summed E-state index contributed by atoms with van der Waals surface area (Å²) in [5, 5.41) is 16.6. The lowest BCUT2D eigenvalue weighted by Crippen LogP contribution is -2.39. The summed E-state index contributed by atoms with van der Waals surface area (Å²) in [6.45, 7) is 5.80. The Morgan fingerprint density at radius 1 is 1.14 bits per heavy atom. The summed E-state index contributed by atoms with van der Waals surface area (Å²) in [5.74, 6) is 0.00725. The number of fused-ring (bicyclic) bond motifs is 1. The number of ether oxygens (including phenoxy) is 1. The monoisotopic (exact) mass is 478 g/mol. The first-order chi connectivity index (χ1) is 16.8. The number of nitrogens with zero attached hydrogens (tertiary/aromatic N) is 2. The van der Waals surface area contributed by atoms with Crippen LogP contribution in [0.25, 0.3) is 11.0 Å². The van der Waals surface area contributed by atoms with Crippen molar-refractivity contribution >= 4 is 28.5 Å². The topological polar surface area (TPSA) is 105 Å². The highest BCUT2D eigenvalue weighted by molar-refractivity contribution is 6.07. The van der Waals surface area contributed by atoms with Crippen LogP contribution in [0.2, 0.25) is 0 Å². The number of anilines is 1. The average Bonchev–Trinajstić information content (AvgIpc) is 3.10. The van der Waals surface area contributed by atoms with Gasteiger partial charge in [-0.15, -0.1) is 0 Å². The molecule has 0 spiro atoms. The van der Waals surface area contributed by atoms with Gasteiger partial charge in [0, 0.05) is 18.7 Å². The van der Waals surface area contributed by atoms with E-state index >= 15 is 0 Å². The van der Waals surface area contributed by atoms with Crippen molar-refractivity contribution in [2.45, 2.75) is 71.1 Å². The molecule has 1 saturated carbocycles. The number of carbonyl (C=O) groups excluding carboxylic acids is 2. The number of nitrogens with one attached hydrogen (secondary N) is 2. The van der Waals surface area contributed by atoms with E-state index in [1.807, 2.05) is 52.1 Å². The molecule has 8 heteroatoms. The molecule has 3 aromatic rings. The van der Waals surface area contributed by atoms with Crippen LogP contribution < -0.4 is 15.4 Å². The quantitative estimate of drug-likeness (QED) is 0.472. The lowest BCUT2D eigenvalue weighted by molar-refractivity contribution is 0.0855. The lowest BCUT2D eigenvalue weighted by Gasteiger charge is -2.26. The number of pyridine rings is 1. The zero-order chi connectivity index (χ0) is 25.1. The third kappa shape index (κ3) is 5.32. The van der Waals surface area contributed by atoms with Crippen molar-refractivity contribution in [3.8, 4) is 5.75 Å². The molecule has 2 heterocycles. The van der Waals surface area contributed by atoms with Gasteiger partial charge in [-0.2, -0.15) is 0 Å². The zero-order valence-corrected chi connectivity index (χ0v) is 20.8. The second kappa shape index (κ2) is 10.5. The molecule has 2 amide bonds. The maximum Gasteiger partial charge on any atom is 0.272 e. The van der Waals surface area contributed by atoms with Crippen LogP contribution in [0.1, 0.15) is 73.0 Å². The smallest absolute Gasteiger partial charge is 0.272 e. The largest absolute Gasteiger partial charge is 0.488 e. The second-order valence-corrected chi connectivity index (χ2v) is 9.41. The van der Waals surface area contributed by atoms with Gasteiger partial charge in [-0.05, 0) is 64.2 Å². The number of aliphatic hydroxyl groups is 1. The number of hydrogen-bond acceptors (Lipinski definition) is 5. The fourth-order valence-corrected chi connectivity index (χ4v) is 4.60. The van der Waals surface area contributed by atoms with Gasteiger partial charge in [0.05, 0.1) is 29.0 Å². The average molecular weight is 479 g/mol. The summed E-state index contributed by atoms with van der Waals surface area (Å²) >= 11 is 0. The summed E-state index contributed by atoms with van der Waals surface area (Å²) in [6.07, 6.45) is 3.00. The van der Waals surface area contributed by atoms with E-state index in [2.05, 4.69) is 10.6 Å².